The van der Waals surface area contributed by atoms with Crippen LogP contribution >= 0.6 is 11.6 Å². The van der Waals surface area contributed by atoms with E-state index in [0.717, 1.165) is 12.5 Å². The number of nitrogens with one attached hydrogen (secondary N) is 1. The van der Waals surface area contributed by atoms with Crippen molar-refractivity contribution in [3.05, 3.63) is 23.8 Å². The second kappa shape index (κ2) is 14.0. The zero-order chi connectivity index (χ0) is 34.9. The van der Waals surface area contributed by atoms with Crippen molar-refractivity contribution in [2.75, 3.05) is 19.8 Å². The van der Waals surface area contributed by atoms with Gasteiger partial charge < -0.3 is 25.0 Å². The second-order valence-electron chi connectivity index (χ2n) is 13.7. The van der Waals surface area contributed by atoms with E-state index >= 15 is 0 Å². The van der Waals surface area contributed by atoms with Gasteiger partial charge in [-0.1, -0.05) is 32.4 Å². The van der Waals surface area contributed by atoms with Crippen LogP contribution in [0.1, 0.15) is 72.6 Å². The minimum atomic E-state index is -1.96. The smallest absolute Gasteiger partial charge is 0.329 e. The minimum absolute atomic E-state index is 0.00365. The number of carbonyl (C=O) groups is 5. The number of amides is 1. The Bertz CT molecular complexity index is 1340. The number of carbonyl (C=O) groups excluding carboxylic acids is 5. The van der Waals surface area contributed by atoms with E-state index in [9.17, 15) is 34.2 Å². The first-order valence-electron chi connectivity index (χ1n) is 15.9. The number of halogens is 1. The first-order chi connectivity index (χ1) is 21.9. The van der Waals surface area contributed by atoms with Crippen LogP contribution in [0.15, 0.2) is 23.8 Å². The fourth-order valence-electron chi connectivity index (χ4n) is 8.68. The molecule has 0 aromatic carbocycles. The Morgan fingerprint density at radius 1 is 1.13 bits per heavy atom. The molecule has 4 aliphatic rings. The van der Waals surface area contributed by atoms with Crippen molar-refractivity contribution in [2.45, 2.75) is 95.3 Å². The Balaban J connectivity index is 1.42. The van der Waals surface area contributed by atoms with Gasteiger partial charge in [-0.25, -0.2) is 4.79 Å². The van der Waals surface area contributed by atoms with Crippen LogP contribution in [-0.2, 0) is 38.3 Å². The maximum absolute atomic E-state index is 13.8. The summed E-state index contributed by atoms with van der Waals surface area (Å²) < 4.78 is 10.3. The molecule has 9 atom stereocenters. The lowest BCUT2D eigenvalue weighted by molar-refractivity contribution is -0.492. The van der Waals surface area contributed by atoms with Crippen LogP contribution in [0.5, 0.6) is 0 Å². The van der Waals surface area contributed by atoms with E-state index in [1.54, 1.807) is 26.0 Å². The number of hydrogen-bond donors (Lipinski definition) is 5. The van der Waals surface area contributed by atoms with E-state index in [2.05, 4.69) is 10.2 Å². The maximum Gasteiger partial charge on any atom is 0.329 e. The van der Waals surface area contributed by atoms with Gasteiger partial charge >= 0.3 is 11.9 Å². The number of aliphatic hydroxyl groups is 2. The number of nitrogens with zero attached hydrogens (tertiary/aromatic N) is 1. The molecule has 0 spiro atoms. The molecule has 3 fully saturated rings. The zero-order valence-corrected chi connectivity index (χ0v) is 27.8. The van der Waals surface area contributed by atoms with Crippen LogP contribution in [-0.4, -0.2) is 97.9 Å². The quantitative estimate of drug-likeness (QED) is 0.0814. The summed E-state index contributed by atoms with van der Waals surface area (Å²) in [6.45, 7) is 5.64. The van der Waals surface area contributed by atoms with Crippen molar-refractivity contribution in [1.82, 2.24) is 10.7 Å². The Hall–Kier alpha value is -2.72. The Morgan fingerprint density at radius 3 is 2.47 bits per heavy atom. The van der Waals surface area contributed by atoms with Crippen LogP contribution in [0.2, 0.25) is 0 Å². The molecule has 3 saturated carbocycles. The number of fused-ring (bicyclic) bond motifs is 5. The van der Waals surface area contributed by atoms with Crippen molar-refractivity contribution in [3.63, 3.8) is 0 Å². The molecule has 14 nitrogen and oxygen atoms in total. The molecule has 4 aliphatic carbocycles. The molecule has 0 aliphatic heterocycles. The standard InChI is InChI=1S/C32H45ClN2O12/c1-18-13-23-22-8-7-20-14-21(37)9-10-29(20,3)31(22,33)25(38)16-30(23,4)32(18,42)26(39)17-46-27(40)15-24(34-19(2)36)28(41)45-11-5-6-12-47-35(43)44/h9-10,14,18,22-25,38,42-44H,5-8,11-13,15-17H2,1-4H3,(H,34,36)/t18-,22-,23?,24?,25-,29-,30-,31?,32-/m0/s1. The summed E-state index contributed by atoms with van der Waals surface area (Å²) >= 11 is 7.43. The number of rotatable bonds is 13. The van der Waals surface area contributed by atoms with Crippen LogP contribution in [0.25, 0.3) is 0 Å². The van der Waals surface area contributed by atoms with Crippen molar-refractivity contribution in [3.8, 4) is 0 Å². The Labute approximate surface area is 277 Å². The normalized spacial score (nSPS) is 36.5. The highest BCUT2D eigenvalue weighted by atomic mass is 35.5. The molecule has 0 aromatic heterocycles. The third-order valence-corrected chi connectivity index (χ3v) is 12.0. The number of hydrogen-bond acceptors (Lipinski definition) is 13. The summed E-state index contributed by atoms with van der Waals surface area (Å²) in [6.07, 6.45) is 5.25. The van der Waals surface area contributed by atoms with Gasteiger partial charge in [-0.3, -0.25) is 34.4 Å². The molecular weight excluding hydrogens is 640 g/mol. The molecule has 0 bridgehead atoms. The first kappa shape index (κ1) is 37.1. The van der Waals surface area contributed by atoms with Gasteiger partial charge in [0.25, 0.3) is 0 Å². The molecule has 0 heterocycles. The lowest BCUT2D eigenvalue weighted by Crippen LogP contribution is -2.69. The van der Waals surface area contributed by atoms with E-state index in [1.807, 2.05) is 6.92 Å². The number of esters is 2. The molecule has 47 heavy (non-hydrogen) atoms. The average molecular weight is 685 g/mol. The number of allylic oxidation sites excluding steroid dienone is 4. The number of Topliss-reactive ketones (excluding diaryl/α,β-unsaturated/α-hetero) is 1. The van der Waals surface area contributed by atoms with Gasteiger partial charge in [0.1, 0.15) is 11.6 Å². The summed E-state index contributed by atoms with van der Waals surface area (Å²) in [5.74, 6) is -4.48. The lowest BCUT2D eigenvalue weighted by Gasteiger charge is -2.63. The SMILES string of the molecule is CC(=O)NC(CC(=O)OCC(=O)[C@@]1(O)[C@@H](C)CC2[C@@H]3CCC4=CC(=O)C=C[C@]4(C)C3(Cl)[C@@H](O)C[C@@]21C)C(=O)OCCCCON(O)O. The Morgan fingerprint density at radius 2 is 1.81 bits per heavy atom. The summed E-state index contributed by atoms with van der Waals surface area (Å²) in [6, 6.07) is -1.40. The lowest BCUT2D eigenvalue weighted by atomic mass is 9.45. The number of ether oxygens (including phenoxy) is 2. The van der Waals surface area contributed by atoms with Gasteiger partial charge in [0.2, 0.25) is 11.7 Å². The highest BCUT2D eigenvalue weighted by Gasteiger charge is 2.74. The monoisotopic (exact) mass is 684 g/mol. The predicted octanol–water partition coefficient (Wildman–Crippen LogP) is 1.95. The number of aliphatic hydroxyl groups excluding tert-OH is 1. The summed E-state index contributed by atoms with van der Waals surface area (Å²) in [7, 11) is 0. The molecule has 0 radical (unpaired) electrons. The van der Waals surface area contributed by atoms with E-state index in [-0.39, 0.29) is 43.7 Å². The average Bonchev–Trinajstić information content (AvgIpc) is 3.19. The van der Waals surface area contributed by atoms with E-state index in [4.69, 9.17) is 31.5 Å². The van der Waals surface area contributed by atoms with Gasteiger partial charge in [0, 0.05) is 17.8 Å². The fourth-order valence-corrected chi connectivity index (χ4v) is 9.21. The summed E-state index contributed by atoms with van der Waals surface area (Å²) in [5.41, 5.74) is -3.01. The van der Waals surface area contributed by atoms with E-state index < -0.39 is 81.4 Å². The Kier molecular flexibility index (Phi) is 11.1. The summed E-state index contributed by atoms with van der Waals surface area (Å²) in [5, 5.41) is 42.8. The van der Waals surface area contributed by atoms with Crippen LogP contribution < -0.4 is 5.32 Å². The molecule has 15 heteroatoms. The predicted molar refractivity (Wildman–Crippen MR) is 162 cm³/mol. The maximum atomic E-state index is 13.8. The van der Waals surface area contributed by atoms with Crippen molar-refractivity contribution in [2.24, 2.45) is 28.6 Å². The first-order valence-corrected chi connectivity index (χ1v) is 16.3. The number of alkyl halides is 1. The van der Waals surface area contributed by atoms with Gasteiger partial charge in [0.15, 0.2) is 12.4 Å². The molecule has 5 N–H and O–H groups in total. The topological polar surface area (TPSA) is 209 Å². The third-order valence-electron chi connectivity index (χ3n) is 11.0. The van der Waals surface area contributed by atoms with Crippen molar-refractivity contribution in [1.29, 1.82) is 0 Å². The molecule has 3 unspecified atom stereocenters. The van der Waals surface area contributed by atoms with E-state index in [1.165, 1.54) is 6.08 Å². The molecule has 1 amide bonds. The molecule has 0 saturated heterocycles. The van der Waals surface area contributed by atoms with Crippen molar-refractivity contribution >= 4 is 41.0 Å². The highest BCUT2D eigenvalue weighted by molar-refractivity contribution is 6.26. The van der Waals surface area contributed by atoms with Crippen molar-refractivity contribution < 1.29 is 58.9 Å². The van der Waals surface area contributed by atoms with Crippen LogP contribution in [0.4, 0.5) is 0 Å². The van der Waals surface area contributed by atoms with Crippen LogP contribution in [0, 0.1) is 28.6 Å². The zero-order valence-electron chi connectivity index (χ0n) is 27.1. The molecule has 0 aromatic rings. The van der Waals surface area contributed by atoms with Gasteiger partial charge in [-0.05, 0) is 68.4 Å². The van der Waals surface area contributed by atoms with Gasteiger partial charge in [-0.15, -0.1) is 11.6 Å². The molecule has 4 rings (SSSR count). The van der Waals surface area contributed by atoms with E-state index in [0.29, 0.717) is 25.7 Å². The highest BCUT2D eigenvalue weighted by Crippen LogP contribution is 2.71. The van der Waals surface area contributed by atoms with Gasteiger partial charge in [-0.2, -0.15) is 0 Å². The fraction of sp³-hybridized carbons (Fsp3) is 0.719. The molecular formula is C32H45ClN2O12. The minimum Gasteiger partial charge on any atom is -0.464 e. The number of ketones is 2. The second-order valence-corrected chi connectivity index (χ2v) is 14.3. The molecule has 262 valence electrons. The third kappa shape index (κ3) is 6.65. The van der Waals surface area contributed by atoms with Crippen LogP contribution in [0.3, 0.4) is 0 Å². The largest absolute Gasteiger partial charge is 0.464 e. The summed E-state index contributed by atoms with van der Waals surface area (Å²) in [4.78, 5) is 66.2. The van der Waals surface area contributed by atoms with Gasteiger partial charge in [0.05, 0.1) is 36.0 Å². The number of unbranched alkanes of at least 4 members (excludes halogenated alkanes) is 1.